The molecular formula is C22H20N3+. The second kappa shape index (κ2) is 4.79. The van der Waals surface area contributed by atoms with Crippen molar-refractivity contribution in [1.82, 2.24) is 9.38 Å². The lowest BCUT2D eigenvalue weighted by molar-refractivity contribution is -0.617. The van der Waals surface area contributed by atoms with Gasteiger partial charge in [-0.25, -0.2) is 9.55 Å². The molecule has 3 heterocycles. The van der Waals surface area contributed by atoms with Crippen molar-refractivity contribution in [3.8, 4) is 0 Å². The highest BCUT2D eigenvalue weighted by Crippen LogP contribution is 2.35. The number of nitrogens with zero attached hydrogens (tertiary/aromatic N) is 3. The quantitative estimate of drug-likeness (QED) is 0.302. The van der Waals surface area contributed by atoms with Gasteiger partial charge in [-0.1, -0.05) is 24.3 Å². The van der Waals surface area contributed by atoms with Crippen molar-refractivity contribution < 1.29 is 4.57 Å². The maximum absolute atomic E-state index is 4.70. The van der Waals surface area contributed by atoms with Crippen molar-refractivity contribution in [2.45, 2.75) is 20.8 Å². The first-order valence-corrected chi connectivity index (χ1v) is 8.66. The SMILES string of the molecule is Cc1cc(C)c2c3ccccc3n3c4ncccc4[n+](C)c3c2c1C. The number of aromatic nitrogens is 3. The minimum absolute atomic E-state index is 1.01. The smallest absolute Gasteiger partial charge is 0.224 e. The molecule has 25 heavy (non-hydrogen) atoms. The Kier molecular flexibility index (Phi) is 2.76. The second-order valence-electron chi connectivity index (χ2n) is 6.97. The highest BCUT2D eigenvalue weighted by Gasteiger charge is 2.25. The third-order valence-corrected chi connectivity index (χ3v) is 5.55. The van der Waals surface area contributed by atoms with E-state index in [1.807, 2.05) is 12.3 Å². The van der Waals surface area contributed by atoms with E-state index in [1.54, 1.807) is 0 Å². The van der Waals surface area contributed by atoms with Gasteiger partial charge in [0.05, 0.1) is 12.4 Å². The third-order valence-electron chi connectivity index (χ3n) is 5.55. The lowest BCUT2D eigenvalue weighted by atomic mass is 9.94. The number of hydrogen-bond acceptors (Lipinski definition) is 1. The number of para-hydroxylation sites is 1. The molecule has 0 fully saturated rings. The van der Waals surface area contributed by atoms with Gasteiger partial charge in [0.15, 0.2) is 5.52 Å². The van der Waals surface area contributed by atoms with Crippen LogP contribution in [0.2, 0.25) is 0 Å². The number of imidazole rings is 1. The standard InChI is InChI=1S/C22H20N3/c1-13-12-14(2)19-16-8-5-6-9-17(16)25-21-18(10-7-11-23-21)24(4)22(25)20(19)15(13)3/h5-12H,1-4H3/q+1. The minimum atomic E-state index is 1.01. The number of rotatable bonds is 0. The average molecular weight is 326 g/mol. The summed E-state index contributed by atoms with van der Waals surface area (Å²) in [6, 6.07) is 15.1. The molecule has 5 aromatic rings. The van der Waals surface area contributed by atoms with Gasteiger partial charge in [0.2, 0.25) is 0 Å². The summed E-state index contributed by atoms with van der Waals surface area (Å²) in [5.41, 5.74) is 8.59. The van der Waals surface area contributed by atoms with Crippen LogP contribution < -0.4 is 4.57 Å². The molecule has 0 aliphatic rings. The molecule has 0 saturated heterocycles. The predicted molar refractivity (Wildman–Crippen MR) is 103 cm³/mol. The van der Waals surface area contributed by atoms with Crippen LogP contribution in [-0.4, -0.2) is 9.38 Å². The van der Waals surface area contributed by atoms with Crippen LogP contribution in [0.5, 0.6) is 0 Å². The summed E-state index contributed by atoms with van der Waals surface area (Å²) in [5.74, 6) is 0. The van der Waals surface area contributed by atoms with Gasteiger partial charge in [0.25, 0.3) is 11.3 Å². The molecule has 0 N–H and O–H groups in total. The van der Waals surface area contributed by atoms with Crippen molar-refractivity contribution in [2.75, 3.05) is 0 Å². The molecule has 5 rings (SSSR count). The molecule has 0 saturated carbocycles. The highest BCUT2D eigenvalue weighted by molar-refractivity contribution is 6.15. The molecule has 0 aliphatic carbocycles. The van der Waals surface area contributed by atoms with Crippen molar-refractivity contribution in [3.05, 3.63) is 65.4 Å². The molecule has 122 valence electrons. The fourth-order valence-corrected chi connectivity index (χ4v) is 4.29. The van der Waals surface area contributed by atoms with Crippen molar-refractivity contribution in [1.29, 1.82) is 0 Å². The van der Waals surface area contributed by atoms with Crippen molar-refractivity contribution >= 4 is 38.5 Å². The number of aryl methyl sites for hydroxylation is 4. The van der Waals surface area contributed by atoms with Crippen LogP contribution >= 0.6 is 0 Å². The van der Waals surface area contributed by atoms with Crippen LogP contribution in [0, 0.1) is 20.8 Å². The largest absolute Gasteiger partial charge is 0.297 e. The third kappa shape index (κ3) is 1.70. The number of benzene rings is 2. The fourth-order valence-electron chi connectivity index (χ4n) is 4.29. The first-order chi connectivity index (χ1) is 12.1. The zero-order valence-electron chi connectivity index (χ0n) is 15.0. The van der Waals surface area contributed by atoms with E-state index in [0.29, 0.717) is 0 Å². The molecule has 3 nitrogen and oxygen atoms in total. The zero-order valence-corrected chi connectivity index (χ0v) is 15.0. The summed E-state index contributed by atoms with van der Waals surface area (Å²) >= 11 is 0. The summed E-state index contributed by atoms with van der Waals surface area (Å²) in [7, 11) is 2.14. The summed E-state index contributed by atoms with van der Waals surface area (Å²) in [6.07, 6.45) is 1.88. The van der Waals surface area contributed by atoms with Gasteiger partial charge in [-0.05, 0) is 55.7 Å². The van der Waals surface area contributed by atoms with Crippen LogP contribution in [0.4, 0.5) is 0 Å². The normalized spacial score (nSPS) is 12.0. The van der Waals surface area contributed by atoms with Crippen LogP contribution in [0.15, 0.2) is 48.7 Å². The topological polar surface area (TPSA) is 21.2 Å². The summed E-state index contributed by atoms with van der Waals surface area (Å²) < 4.78 is 4.60. The van der Waals surface area contributed by atoms with Gasteiger partial charge < -0.3 is 0 Å². The molecule has 0 bridgehead atoms. The summed E-state index contributed by atoms with van der Waals surface area (Å²) in [5, 5.41) is 3.97. The lowest BCUT2D eigenvalue weighted by Crippen LogP contribution is -2.27. The van der Waals surface area contributed by atoms with Gasteiger partial charge in [0.1, 0.15) is 5.52 Å². The molecule has 2 aromatic carbocycles. The zero-order chi connectivity index (χ0) is 17.3. The first-order valence-electron chi connectivity index (χ1n) is 8.66. The number of hydrogen-bond donors (Lipinski definition) is 0. The van der Waals surface area contributed by atoms with Gasteiger partial charge in [-0.2, -0.15) is 4.40 Å². The number of pyridine rings is 2. The maximum Gasteiger partial charge on any atom is 0.297 e. The summed E-state index contributed by atoms with van der Waals surface area (Å²) in [4.78, 5) is 4.70. The molecule has 0 radical (unpaired) electrons. The Bertz CT molecular complexity index is 1330. The van der Waals surface area contributed by atoms with E-state index in [4.69, 9.17) is 4.98 Å². The summed E-state index contributed by atoms with van der Waals surface area (Å²) in [6.45, 7) is 6.66. The Labute approximate surface area is 146 Å². The molecule has 0 atom stereocenters. The van der Waals surface area contributed by atoms with E-state index in [1.165, 1.54) is 44.0 Å². The molecule has 3 heteroatoms. The van der Waals surface area contributed by atoms with Crippen LogP contribution in [0.25, 0.3) is 38.5 Å². The molecule has 0 amide bonds. The van der Waals surface area contributed by atoms with E-state index in [0.717, 1.165) is 11.2 Å². The predicted octanol–water partition coefficient (Wildman–Crippen LogP) is 4.54. The Balaban J connectivity index is 2.31. The van der Waals surface area contributed by atoms with Crippen LogP contribution in [0.1, 0.15) is 16.7 Å². The molecule has 0 unspecified atom stereocenters. The van der Waals surface area contributed by atoms with Crippen molar-refractivity contribution in [3.63, 3.8) is 0 Å². The van der Waals surface area contributed by atoms with Gasteiger partial charge >= 0.3 is 0 Å². The Morgan fingerprint density at radius 1 is 0.920 bits per heavy atom. The van der Waals surface area contributed by atoms with E-state index in [-0.39, 0.29) is 0 Å². The van der Waals surface area contributed by atoms with Gasteiger partial charge in [0, 0.05) is 17.0 Å². The molecule has 0 aliphatic heterocycles. The molecular weight excluding hydrogens is 306 g/mol. The Hall–Kier alpha value is -2.94. The molecule has 3 aromatic heterocycles. The monoisotopic (exact) mass is 326 g/mol. The highest BCUT2D eigenvalue weighted by atomic mass is 15.1. The van der Waals surface area contributed by atoms with E-state index >= 15 is 0 Å². The van der Waals surface area contributed by atoms with Crippen LogP contribution in [0.3, 0.4) is 0 Å². The van der Waals surface area contributed by atoms with Gasteiger partial charge in [-0.3, -0.25) is 0 Å². The Morgan fingerprint density at radius 2 is 1.72 bits per heavy atom. The van der Waals surface area contributed by atoms with Crippen molar-refractivity contribution in [2.24, 2.45) is 7.05 Å². The van der Waals surface area contributed by atoms with Gasteiger partial charge in [-0.15, -0.1) is 0 Å². The molecule has 0 spiro atoms. The van der Waals surface area contributed by atoms with E-state index in [9.17, 15) is 0 Å². The second-order valence-corrected chi connectivity index (χ2v) is 6.97. The Morgan fingerprint density at radius 3 is 2.56 bits per heavy atom. The average Bonchev–Trinajstić information content (AvgIpc) is 2.92. The lowest BCUT2D eigenvalue weighted by Gasteiger charge is -2.12. The van der Waals surface area contributed by atoms with E-state index < -0.39 is 0 Å². The first kappa shape index (κ1) is 14.4. The minimum Gasteiger partial charge on any atom is -0.224 e. The maximum atomic E-state index is 4.70. The van der Waals surface area contributed by atoms with E-state index in [2.05, 4.69) is 73.2 Å². The fraction of sp³-hybridized carbons (Fsp3) is 0.182. The number of fused-ring (bicyclic) bond motifs is 8. The van der Waals surface area contributed by atoms with Crippen LogP contribution in [-0.2, 0) is 7.05 Å².